The van der Waals surface area contributed by atoms with Crippen molar-refractivity contribution >= 4 is 11.6 Å². The summed E-state index contributed by atoms with van der Waals surface area (Å²) in [5.74, 6) is 1.90. The molecule has 1 amide bonds. The predicted molar refractivity (Wildman–Crippen MR) is 122 cm³/mol. The van der Waals surface area contributed by atoms with Crippen LogP contribution in [-0.2, 0) is 16.1 Å². The second kappa shape index (κ2) is 7.87. The zero-order chi connectivity index (χ0) is 21.7. The maximum atomic E-state index is 13.8. The summed E-state index contributed by atoms with van der Waals surface area (Å²) in [6.07, 6.45) is 9.27. The number of ether oxygens (including phenoxy) is 1. The fourth-order valence-corrected chi connectivity index (χ4v) is 6.61. The number of hydrogen-bond donors (Lipinski definition) is 0. The van der Waals surface area contributed by atoms with Crippen molar-refractivity contribution in [2.75, 3.05) is 0 Å². The van der Waals surface area contributed by atoms with Crippen LogP contribution in [0, 0.1) is 17.8 Å². The molecular weight excluding hydrogens is 400 g/mol. The lowest BCUT2D eigenvalue weighted by Gasteiger charge is -2.38. The maximum Gasteiger partial charge on any atom is 0.229 e. The molecule has 0 radical (unpaired) electrons. The van der Waals surface area contributed by atoms with Gasteiger partial charge in [-0.05, 0) is 48.8 Å². The quantitative estimate of drug-likeness (QED) is 0.639. The third-order valence-electron chi connectivity index (χ3n) is 8.42. The molecule has 0 N–H and O–H groups in total. The van der Waals surface area contributed by atoms with E-state index in [1.165, 1.54) is 37.7 Å². The Bertz CT molecular complexity index is 995. The molecule has 1 saturated heterocycles. The molecule has 2 aliphatic carbocycles. The second-order valence-electron chi connectivity index (χ2n) is 10.2. The molecule has 2 aromatic rings. The summed E-state index contributed by atoms with van der Waals surface area (Å²) in [7, 11) is 0. The molecule has 1 spiro atoms. The average molecular weight is 433 g/mol. The van der Waals surface area contributed by atoms with Crippen LogP contribution in [0.3, 0.4) is 0 Å². The fourth-order valence-electron chi connectivity index (χ4n) is 6.61. The van der Waals surface area contributed by atoms with E-state index < -0.39 is 5.72 Å². The highest BCUT2D eigenvalue weighted by atomic mass is 16.6. The topological polar surface area (TPSA) is 55.0 Å². The Kier molecular flexibility index (Phi) is 4.98. The summed E-state index contributed by atoms with van der Waals surface area (Å²) in [6, 6.07) is 14.5. The molecule has 3 fully saturated rings. The summed E-state index contributed by atoms with van der Waals surface area (Å²) in [6.45, 7) is 2.69. The molecule has 2 saturated carbocycles. The Morgan fingerprint density at radius 3 is 2.62 bits per heavy atom. The van der Waals surface area contributed by atoms with Crippen molar-refractivity contribution in [3.8, 4) is 0 Å². The number of hydrogen-bond acceptors (Lipinski definition) is 4. The smallest absolute Gasteiger partial charge is 0.229 e. The van der Waals surface area contributed by atoms with Gasteiger partial charge in [-0.15, -0.1) is 0 Å². The Morgan fingerprint density at radius 2 is 1.88 bits per heavy atom. The maximum absolute atomic E-state index is 13.8. The van der Waals surface area contributed by atoms with Gasteiger partial charge in [-0.25, -0.2) is 0 Å². The van der Waals surface area contributed by atoms with Crippen LogP contribution in [0.15, 0.2) is 58.1 Å². The van der Waals surface area contributed by atoms with Crippen LogP contribution in [-0.4, -0.2) is 28.5 Å². The number of aliphatic imine (C=N–C) groups is 1. The number of rotatable bonds is 4. The first-order valence-corrected chi connectivity index (χ1v) is 12.3. The van der Waals surface area contributed by atoms with Gasteiger partial charge < -0.3 is 14.1 Å². The van der Waals surface area contributed by atoms with E-state index in [9.17, 15) is 4.79 Å². The number of benzene rings is 1. The lowest BCUT2D eigenvalue weighted by Crippen LogP contribution is -2.52. The van der Waals surface area contributed by atoms with Gasteiger partial charge in [-0.2, -0.15) is 0 Å². The van der Waals surface area contributed by atoms with E-state index >= 15 is 0 Å². The molecule has 168 valence electrons. The Hall–Kier alpha value is -2.40. The Balaban J connectivity index is 1.40. The number of fused-ring (bicyclic) bond motifs is 1. The van der Waals surface area contributed by atoms with Gasteiger partial charge in [0, 0.05) is 18.3 Å². The van der Waals surface area contributed by atoms with Crippen molar-refractivity contribution in [3.05, 3.63) is 60.1 Å². The van der Waals surface area contributed by atoms with E-state index in [-0.39, 0.29) is 29.9 Å². The molecule has 1 unspecified atom stereocenters. The van der Waals surface area contributed by atoms with E-state index in [0.29, 0.717) is 18.9 Å². The van der Waals surface area contributed by atoms with Crippen LogP contribution < -0.4 is 0 Å². The highest BCUT2D eigenvalue weighted by Gasteiger charge is 2.63. The number of amides is 1. The SMILES string of the molecule is C[C@H]1C2C[C@@]3(O[C@H](C4CCCCC4)N=C3C[C@@H]1c1ccccc1)N(Cc1ccco1)C2=O. The van der Waals surface area contributed by atoms with E-state index in [0.717, 1.165) is 17.9 Å². The van der Waals surface area contributed by atoms with E-state index in [1.54, 1.807) is 6.26 Å². The van der Waals surface area contributed by atoms with Crippen LogP contribution in [0.2, 0.25) is 0 Å². The molecule has 4 aliphatic rings. The molecule has 6 rings (SSSR count). The van der Waals surface area contributed by atoms with Crippen LogP contribution in [0.4, 0.5) is 0 Å². The third-order valence-corrected chi connectivity index (χ3v) is 8.42. The zero-order valence-electron chi connectivity index (χ0n) is 18.8. The first-order chi connectivity index (χ1) is 15.7. The van der Waals surface area contributed by atoms with Crippen molar-refractivity contribution in [3.63, 3.8) is 0 Å². The molecule has 5 nitrogen and oxygen atoms in total. The minimum absolute atomic E-state index is 0.0621. The minimum Gasteiger partial charge on any atom is -0.467 e. The minimum atomic E-state index is -0.714. The lowest BCUT2D eigenvalue weighted by atomic mass is 9.78. The van der Waals surface area contributed by atoms with Gasteiger partial charge >= 0.3 is 0 Å². The molecule has 2 aliphatic heterocycles. The van der Waals surface area contributed by atoms with Gasteiger partial charge in [0.2, 0.25) is 5.91 Å². The number of furan rings is 1. The molecule has 5 atom stereocenters. The third kappa shape index (κ3) is 3.16. The van der Waals surface area contributed by atoms with Crippen LogP contribution >= 0.6 is 0 Å². The van der Waals surface area contributed by atoms with Gasteiger partial charge in [0.25, 0.3) is 0 Å². The summed E-state index contributed by atoms with van der Waals surface area (Å²) in [4.78, 5) is 21.0. The van der Waals surface area contributed by atoms with Gasteiger partial charge in [0.15, 0.2) is 12.0 Å². The van der Waals surface area contributed by atoms with E-state index in [1.807, 2.05) is 17.0 Å². The first kappa shape index (κ1) is 20.2. The first-order valence-electron chi connectivity index (χ1n) is 12.3. The van der Waals surface area contributed by atoms with Crippen molar-refractivity contribution in [2.45, 2.75) is 76.3 Å². The van der Waals surface area contributed by atoms with Gasteiger partial charge in [-0.3, -0.25) is 9.79 Å². The number of likely N-dealkylation sites (tertiary alicyclic amines) is 1. The van der Waals surface area contributed by atoms with Crippen molar-refractivity contribution in [1.82, 2.24) is 4.90 Å². The number of carbonyl (C=O) groups is 1. The average Bonchev–Trinajstić information content (AvgIpc) is 3.52. The van der Waals surface area contributed by atoms with Crippen LogP contribution in [0.25, 0.3) is 0 Å². The largest absolute Gasteiger partial charge is 0.467 e. The van der Waals surface area contributed by atoms with Crippen LogP contribution in [0.5, 0.6) is 0 Å². The van der Waals surface area contributed by atoms with E-state index in [4.69, 9.17) is 14.1 Å². The molecule has 2 bridgehead atoms. The normalized spacial score (nSPS) is 35.0. The number of nitrogens with zero attached hydrogens (tertiary/aromatic N) is 2. The van der Waals surface area contributed by atoms with Gasteiger partial charge in [0.05, 0.1) is 18.5 Å². The van der Waals surface area contributed by atoms with Crippen molar-refractivity contribution in [1.29, 1.82) is 0 Å². The van der Waals surface area contributed by atoms with Crippen LogP contribution in [0.1, 0.15) is 69.1 Å². The molecule has 1 aromatic carbocycles. The van der Waals surface area contributed by atoms with Gasteiger partial charge in [-0.1, -0.05) is 56.5 Å². The summed E-state index contributed by atoms with van der Waals surface area (Å²) in [5.41, 5.74) is 1.67. The van der Waals surface area contributed by atoms with Crippen molar-refractivity contribution < 1.29 is 13.9 Å². The standard InChI is InChI=1S/C27H32N2O3/c1-18-22(19-9-4-2-5-10-19)15-24-27(32-25(28-24)20-11-6-3-7-12-20)16-23(18)26(30)29(27)17-21-13-8-14-31-21/h2,4-5,8-10,13-14,18,20,22-23,25H,3,6-7,11-12,15-17H2,1H3/t18-,22+,23?,25-,27+/m1/s1. The molecule has 3 heterocycles. The Morgan fingerprint density at radius 1 is 1.06 bits per heavy atom. The second-order valence-corrected chi connectivity index (χ2v) is 10.2. The lowest BCUT2D eigenvalue weighted by molar-refractivity contribution is -0.156. The fraction of sp³-hybridized carbons (Fsp3) is 0.556. The highest BCUT2D eigenvalue weighted by Crippen LogP contribution is 2.53. The molecule has 1 aromatic heterocycles. The molecular formula is C27H32N2O3. The summed E-state index contributed by atoms with van der Waals surface area (Å²) < 4.78 is 12.5. The monoisotopic (exact) mass is 432 g/mol. The summed E-state index contributed by atoms with van der Waals surface area (Å²) >= 11 is 0. The summed E-state index contributed by atoms with van der Waals surface area (Å²) in [5, 5.41) is 0. The van der Waals surface area contributed by atoms with Crippen molar-refractivity contribution in [2.24, 2.45) is 22.7 Å². The Labute approximate surface area is 189 Å². The zero-order valence-corrected chi connectivity index (χ0v) is 18.8. The molecule has 5 heteroatoms. The number of carbonyl (C=O) groups excluding carboxylic acids is 1. The predicted octanol–water partition coefficient (Wildman–Crippen LogP) is 5.53. The van der Waals surface area contributed by atoms with Gasteiger partial charge in [0.1, 0.15) is 5.76 Å². The van der Waals surface area contributed by atoms with E-state index in [2.05, 4.69) is 37.3 Å². The highest BCUT2D eigenvalue weighted by molar-refractivity contribution is 6.01. The molecule has 32 heavy (non-hydrogen) atoms.